The van der Waals surface area contributed by atoms with Crippen LogP contribution in [0.3, 0.4) is 0 Å². The van der Waals surface area contributed by atoms with E-state index in [9.17, 15) is 14.0 Å². The van der Waals surface area contributed by atoms with E-state index in [0.717, 1.165) is 0 Å². The number of nitrogens with one attached hydrogen (secondary N) is 1. The lowest BCUT2D eigenvalue weighted by atomic mass is 10.2. The summed E-state index contributed by atoms with van der Waals surface area (Å²) in [5.41, 5.74) is 0.707. The van der Waals surface area contributed by atoms with E-state index in [-0.39, 0.29) is 19.0 Å². The summed E-state index contributed by atoms with van der Waals surface area (Å²) < 4.78 is 13.5. The van der Waals surface area contributed by atoms with Gasteiger partial charge in [0.05, 0.1) is 10.7 Å². The molecule has 0 saturated carbocycles. The summed E-state index contributed by atoms with van der Waals surface area (Å²) in [5.74, 6) is -1.20. The van der Waals surface area contributed by atoms with E-state index in [1.807, 2.05) is 0 Å². The van der Waals surface area contributed by atoms with Crippen molar-refractivity contribution in [3.8, 4) is 0 Å². The van der Waals surface area contributed by atoms with Gasteiger partial charge in [0, 0.05) is 24.1 Å². The van der Waals surface area contributed by atoms with Gasteiger partial charge in [-0.2, -0.15) is 0 Å². The van der Waals surface area contributed by atoms with Gasteiger partial charge in [0.2, 0.25) is 11.8 Å². The van der Waals surface area contributed by atoms with E-state index < -0.39 is 11.7 Å². The maximum Gasteiger partial charge on any atom is 0.240 e. The van der Waals surface area contributed by atoms with Crippen molar-refractivity contribution in [2.24, 2.45) is 0 Å². The third-order valence-corrected chi connectivity index (χ3v) is 3.87. The predicted molar refractivity (Wildman–Crippen MR) is 92.7 cm³/mol. The summed E-state index contributed by atoms with van der Waals surface area (Å²) in [6.45, 7) is 1.10. The van der Waals surface area contributed by atoms with Gasteiger partial charge in [0.25, 0.3) is 0 Å². The number of carbonyl (C=O) groups is 2. The smallest absolute Gasteiger partial charge is 0.240 e. The average molecular weight is 369 g/mol. The van der Waals surface area contributed by atoms with Gasteiger partial charge in [-0.15, -0.1) is 0 Å². The minimum absolute atomic E-state index is 0.0283. The molecule has 0 aliphatic carbocycles. The number of carbonyl (C=O) groups excluding carboxylic acids is 2. The summed E-state index contributed by atoms with van der Waals surface area (Å²) in [6, 6.07) is 10.8. The Morgan fingerprint density at radius 2 is 1.88 bits per heavy atom. The molecular formula is C17H15Cl2FN2O2. The molecule has 0 atom stereocenters. The fourth-order valence-corrected chi connectivity index (χ4v) is 2.48. The molecule has 0 aliphatic heterocycles. The molecule has 7 heteroatoms. The molecule has 0 unspecified atom stereocenters. The maximum atomic E-state index is 13.5. The second kappa shape index (κ2) is 8.13. The second-order valence-corrected chi connectivity index (χ2v) is 5.91. The largest absolute Gasteiger partial charge is 0.350 e. The Kier molecular flexibility index (Phi) is 6.17. The number of hydrogen-bond donors (Lipinski definition) is 1. The molecular weight excluding hydrogens is 354 g/mol. The number of rotatable bonds is 5. The standard InChI is InChI=1S/C17H15Cl2FN2O2/c1-11(23)22(16-8-13(18)6-7-14(16)19)10-17(24)21-9-12-4-2-3-5-15(12)20/h2-8H,9-10H2,1H3,(H,21,24). The van der Waals surface area contributed by atoms with Gasteiger partial charge >= 0.3 is 0 Å². The van der Waals surface area contributed by atoms with Crippen LogP contribution in [0.5, 0.6) is 0 Å². The molecule has 0 fully saturated rings. The Bertz CT molecular complexity index is 768. The first-order chi connectivity index (χ1) is 11.4. The fraction of sp³-hybridized carbons (Fsp3) is 0.176. The van der Waals surface area contributed by atoms with Crippen LogP contribution in [0.2, 0.25) is 10.0 Å². The first-order valence-electron chi connectivity index (χ1n) is 7.11. The van der Waals surface area contributed by atoms with Crippen molar-refractivity contribution in [2.75, 3.05) is 11.4 Å². The highest BCUT2D eigenvalue weighted by Gasteiger charge is 2.19. The van der Waals surface area contributed by atoms with Crippen molar-refractivity contribution >= 4 is 40.7 Å². The number of halogens is 3. The SMILES string of the molecule is CC(=O)N(CC(=O)NCc1ccccc1F)c1cc(Cl)ccc1Cl. The lowest BCUT2D eigenvalue weighted by Gasteiger charge is -2.22. The number of amides is 2. The van der Waals surface area contributed by atoms with Crippen LogP contribution >= 0.6 is 23.2 Å². The minimum Gasteiger partial charge on any atom is -0.350 e. The zero-order valence-corrected chi connectivity index (χ0v) is 14.4. The van der Waals surface area contributed by atoms with Crippen LogP contribution in [-0.2, 0) is 16.1 Å². The average Bonchev–Trinajstić information content (AvgIpc) is 2.54. The van der Waals surface area contributed by atoms with Crippen molar-refractivity contribution in [1.82, 2.24) is 5.32 Å². The molecule has 2 amide bonds. The number of nitrogens with zero attached hydrogens (tertiary/aromatic N) is 1. The Morgan fingerprint density at radius 3 is 2.54 bits per heavy atom. The van der Waals surface area contributed by atoms with E-state index in [1.165, 1.54) is 24.0 Å². The molecule has 0 aromatic heterocycles. The molecule has 4 nitrogen and oxygen atoms in total. The summed E-state index contributed by atoms with van der Waals surface area (Å²) in [6.07, 6.45) is 0. The van der Waals surface area contributed by atoms with Crippen molar-refractivity contribution in [3.63, 3.8) is 0 Å². The van der Waals surface area contributed by atoms with Crippen LogP contribution in [0, 0.1) is 5.82 Å². The summed E-state index contributed by atoms with van der Waals surface area (Å²) in [4.78, 5) is 25.2. The Labute approximate surface area is 149 Å². The molecule has 24 heavy (non-hydrogen) atoms. The summed E-state index contributed by atoms with van der Waals surface area (Å²) in [5, 5.41) is 3.28. The molecule has 0 heterocycles. The second-order valence-electron chi connectivity index (χ2n) is 5.07. The zero-order valence-electron chi connectivity index (χ0n) is 12.9. The lowest BCUT2D eigenvalue weighted by Crippen LogP contribution is -2.39. The van der Waals surface area contributed by atoms with Crippen molar-refractivity contribution < 1.29 is 14.0 Å². The van der Waals surface area contributed by atoms with E-state index >= 15 is 0 Å². The molecule has 2 rings (SSSR count). The van der Waals surface area contributed by atoms with Gasteiger partial charge in [-0.3, -0.25) is 9.59 Å². The van der Waals surface area contributed by atoms with Crippen LogP contribution in [0.25, 0.3) is 0 Å². The van der Waals surface area contributed by atoms with Gasteiger partial charge < -0.3 is 10.2 Å². The minimum atomic E-state index is -0.440. The molecule has 1 N–H and O–H groups in total. The molecule has 0 saturated heterocycles. The van der Waals surface area contributed by atoms with Crippen molar-refractivity contribution in [3.05, 3.63) is 63.9 Å². The van der Waals surface area contributed by atoms with Crippen LogP contribution in [0.15, 0.2) is 42.5 Å². The Hall–Kier alpha value is -2.11. The highest BCUT2D eigenvalue weighted by atomic mass is 35.5. The van der Waals surface area contributed by atoms with Gasteiger partial charge in [0.15, 0.2) is 0 Å². The lowest BCUT2D eigenvalue weighted by molar-refractivity contribution is -0.123. The first-order valence-corrected chi connectivity index (χ1v) is 7.87. The number of hydrogen-bond acceptors (Lipinski definition) is 2. The van der Waals surface area contributed by atoms with E-state index in [4.69, 9.17) is 23.2 Å². The van der Waals surface area contributed by atoms with Crippen LogP contribution in [0.1, 0.15) is 12.5 Å². The highest BCUT2D eigenvalue weighted by molar-refractivity contribution is 6.35. The highest BCUT2D eigenvalue weighted by Crippen LogP contribution is 2.29. The topological polar surface area (TPSA) is 49.4 Å². The number of benzene rings is 2. The maximum absolute atomic E-state index is 13.5. The zero-order chi connectivity index (χ0) is 17.7. The molecule has 2 aromatic rings. The third-order valence-electron chi connectivity index (χ3n) is 3.31. The van der Waals surface area contributed by atoms with Crippen LogP contribution < -0.4 is 10.2 Å². The van der Waals surface area contributed by atoms with Gasteiger partial charge in [0.1, 0.15) is 12.4 Å². The Balaban J connectivity index is 2.08. The normalized spacial score (nSPS) is 10.3. The van der Waals surface area contributed by atoms with E-state index in [1.54, 1.807) is 30.3 Å². The van der Waals surface area contributed by atoms with Gasteiger partial charge in [-0.05, 0) is 24.3 Å². The first kappa shape index (κ1) is 18.2. The van der Waals surface area contributed by atoms with Gasteiger partial charge in [-0.25, -0.2) is 4.39 Å². The summed E-state index contributed by atoms with van der Waals surface area (Å²) >= 11 is 12.0. The van der Waals surface area contributed by atoms with Crippen LogP contribution in [-0.4, -0.2) is 18.4 Å². The van der Waals surface area contributed by atoms with Gasteiger partial charge in [-0.1, -0.05) is 41.4 Å². The fourth-order valence-electron chi connectivity index (χ4n) is 2.09. The van der Waals surface area contributed by atoms with E-state index in [2.05, 4.69) is 5.32 Å². The molecule has 126 valence electrons. The molecule has 0 aliphatic rings. The molecule has 0 bridgehead atoms. The van der Waals surface area contributed by atoms with Crippen LogP contribution in [0.4, 0.5) is 10.1 Å². The molecule has 0 spiro atoms. The quantitative estimate of drug-likeness (QED) is 0.872. The third kappa shape index (κ3) is 4.69. The summed E-state index contributed by atoms with van der Waals surface area (Å²) in [7, 11) is 0. The van der Waals surface area contributed by atoms with E-state index in [0.29, 0.717) is 21.3 Å². The molecule has 2 aromatic carbocycles. The van der Waals surface area contributed by atoms with Crippen molar-refractivity contribution in [2.45, 2.75) is 13.5 Å². The molecule has 0 radical (unpaired) electrons. The number of anilines is 1. The monoisotopic (exact) mass is 368 g/mol. The predicted octanol–water partition coefficient (Wildman–Crippen LogP) is 3.80. The van der Waals surface area contributed by atoms with Crippen molar-refractivity contribution in [1.29, 1.82) is 0 Å². The Morgan fingerprint density at radius 1 is 1.17 bits per heavy atom.